The number of methoxy groups -OCH3 is 1. The summed E-state index contributed by atoms with van der Waals surface area (Å²) < 4.78 is 29.2. The van der Waals surface area contributed by atoms with Crippen LogP contribution in [-0.2, 0) is 25.1 Å². The highest BCUT2D eigenvalue weighted by Crippen LogP contribution is 2.50. The molecule has 7 heteroatoms. The monoisotopic (exact) mass is 308 g/mol. The second-order valence-corrected chi connectivity index (χ2v) is 7.47. The van der Waals surface area contributed by atoms with Gasteiger partial charge < -0.3 is 4.74 Å². The Kier molecular flexibility index (Phi) is 4.28. The lowest BCUT2D eigenvalue weighted by Crippen LogP contribution is -2.22. The van der Waals surface area contributed by atoms with Gasteiger partial charge in [-0.2, -0.15) is 5.26 Å². The van der Waals surface area contributed by atoms with E-state index in [1.165, 1.54) is 13.3 Å². The Labute approximate surface area is 123 Å². The number of aromatic nitrogens is 1. The minimum Gasteiger partial charge on any atom is -0.469 e. The molecule has 0 spiro atoms. The van der Waals surface area contributed by atoms with Crippen molar-refractivity contribution in [2.24, 2.45) is 5.41 Å². The third-order valence-corrected chi connectivity index (χ3v) is 5.41. The van der Waals surface area contributed by atoms with Gasteiger partial charge in [-0.3, -0.25) is 4.79 Å². The van der Waals surface area contributed by atoms with Crippen molar-refractivity contribution in [2.75, 3.05) is 12.9 Å². The molecule has 1 aromatic rings. The molecular formula is C14H16N2O4S. The summed E-state index contributed by atoms with van der Waals surface area (Å²) in [4.78, 5) is 15.2. The number of hydrogen-bond acceptors (Lipinski definition) is 6. The Balaban J connectivity index is 2.10. The van der Waals surface area contributed by atoms with E-state index in [0.29, 0.717) is 18.4 Å². The number of sulfone groups is 1. The molecule has 0 atom stereocenters. The van der Waals surface area contributed by atoms with Gasteiger partial charge in [0.25, 0.3) is 0 Å². The quantitative estimate of drug-likeness (QED) is 0.733. The number of hydrogen-bond donors (Lipinski definition) is 0. The molecule has 1 heterocycles. The number of rotatable bonds is 6. The fourth-order valence-electron chi connectivity index (χ4n) is 2.34. The molecule has 1 aliphatic carbocycles. The molecule has 1 aliphatic rings. The molecule has 2 rings (SSSR count). The summed E-state index contributed by atoms with van der Waals surface area (Å²) in [5, 5.41) is 8.94. The molecule has 0 aliphatic heterocycles. The molecule has 0 saturated heterocycles. The summed E-state index contributed by atoms with van der Waals surface area (Å²) >= 11 is 0. The van der Waals surface area contributed by atoms with Crippen molar-refractivity contribution in [3.8, 4) is 6.07 Å². The molecule has 0 radical (unpaired) electrons. The molecule has 6 nitrogen and oxygen atoms in total. The summed E-state index contributed by atoms with van der Waals surface area (Å²) in [6, 6.07) is 5.08. The van der Waals surface area contributed by atoms with E-state index in [-0.39, 0.29) is 29.6 Å². The maximum Gasteiger partial charge on any atom is 0.306 e. The van der Waals surface area contributed by atoms with Gasteiger partial charge in [-0.25, -0.2) is 13.4 Å². The van der Waals surface area contributed by atoms with Crippen LogP contribution < -0.4 is 0 Å². The molecule has 1 fully saturated rings. The van der Waals surface area contributed by atoms with E-state index in [0.717, 1.165) is 0 Å². The van der Waals surface area contributed by atoms with E-state index in [2.05, 4.69) is 9.72 Å². The summed E-state index contributed by atoms with van der Waals surface area (Å²) in [5.74, 6) is -0.677. The first-order valence-corrected chi connectivity index (χ1v) is 8.33. The van der Waals surface area contributed by atoms with Crippen molar-refractivity contribution in [3.05, 3.63) is 29.6 Å². The average Bonchev–Trinajstić information content (AvgIpc) is 3.17. The smallest absolute Gasteiger partial charge is 0.306 e. The maximum absolute atomic E-state index is 12.3. The standard InChI is InChI=1S/C14H16N2O4S/c1-20-13(17)7-14(4-5-14)10-21(18,19)9-11-3-2-6-16-12(11)8-15/h2-3,6H,4-5,7,9-10H2,1H3. The molecular weight excluding hydrogens is 292 g/mol. The number of nitrogens with zero attached hydrogens (tertiary/aromatic N) is 2. The third kappa shape index (κ3) is 4.02. The second-order valence-electron chi connectivity index (χ2n) is 5.41. The number of pyridine rings is 1. The summed E-state index contributed by atoms with van der Waals surface area (Å²) in [6.07, 6.45) is 2.99. The highest BCUT2D eigenvalue weighted by Gasteiger charge is 2.47. The SMILES string of the molecule is COC(=O)CC1(CS(=O)(=O)Cc2cccnc2C#N)CC1. The van der Waals surface area contributed by atoms with Crippen LogP contribution in [0.4, 0.5) is 0 Å². The molecule has 0 unspecified atom stereocenters. The minimum absolute atomic E-state index is 0.0607. The summed E-state index contributed by atoms with van der Waals surface area (Å²) in [6.45, 7) is 0. The predicted molar refractivity (Wildman–Crippen MR) is 74.7 cm³/mol. The van der Waals surface area contributed by atoms with E-state index >= 15 is 0 Å². The largest absolute Gasteiger partial charge is 0.469 e. The molecule has 0 amide bonds. The molecule has 112 valence electrons. The number of carbonyl (C=O) groups excluding carboxylic acids is 1. The van der Waals surface area contributed by atoms with Crippen LogP contribution >= 0.6 is 0 Å². The number of carbonyl (C=O) groups is 1. The first-order chi connectivity index (χ1) is 9.90. The van der Waals surface area contributed by atoms with Gasteiger partial charge in [0, 0.05) is 11.8 Å². The molecule has 21 heavy (non-hydrogen) atoms. The zero-order valence-electron chi connectivity index (χ0n) is 11.7. The molecule has 0 aromatic carbocycles. The lowest BCUT2D eigenvalue weighted by atomic mass is 10.1. The van der Waals surface area contributed by atoms with Gasteiger partial charge in [-0.05, 0) is 24.3 Å². The van der Waals surface area contributed by atoms with Crippen LogP contribution in [0.15, 0.2) is 18.3 Å². The Bertz CT molecular complexity index is 687. The number of esters is 1. The van der Waals surface area contributed by atoms with Crippen LogP contribution in [0.25, 0.3) is 0 Å². The minimum atomic E-state index is -3.42. The first kappa shape index (κ1) is 15.4. The Hall–Kier alpha value is -1.94. The number of nitriles is 1. The van der Waals surface area contributed by atoms with Gasteiger partial charge >= 0.3 is 5.97 Å². The molecule has 0 bridgehead atoms. The van der Waals surface area contributed by atoms with Crippen molar-refractivity contribution < 1.29 is 17.9 Å². The van der Waals surface area contributed by atoms with Crippen molar-refractivity contribution in [3.63, 3.8) is 0 Å². The van der Waals surface area contributed by atoms with Crippen molar-refractivity contribution in [1.82, 2.24) is 4.98 Å². The van der Waals surface area contributed by atoms with Crippen molar-refractivity contribution in [1.29, 1.82) is 5.26 Å². The fraction of sp³-hybridized carbons (Fsp3) is 0.500. The third-order valence-electron chi connectivity index (χ3n) is 3.60. The molecule has 0 N–H and O–H groups in total. The summed E-state index contributed by atoms with van der Waals surface area (Å²) in [5.41, 5.74) is 0.0359. The fourth-order valence-corrected chi connectivity index (χ4v) is 4.47. The van der Waals surface area contributed by atoms with E-state index in [9.17, 15) is 13.2 Å². The van der Waals surface area contributed by atoms with Gasteiger partial charge in [-0.1, -0.05) is 6.07 Å². The van der Waals surface area contributed by atoms with Gasteiger partial charge in [0.1, 0.15) is 11.8 Å². The van der Waals surface area contributed by atoms with Crippen LogP contribution in [0.2, 0.25) is 0 Å². The topological polar surface area (TPSA) is 97.1 Å². The van der Waals surface area contributed by atoms with E-state index in [4.69, 9.17) is 5.26 Å². The highest BCUT2D eigenvalue weighted by molar-refractivity contribution is 7.90. The highest BCUT2D eigenvalue weighted by atomic mass is 32.2. The van der Waals surface area contributed by atoms with Gasteiger partial charge in [0.2, 0.25) is 0 Å². The summed E-state index contributed by atoms with van der Waals surface area (Å²) in [7, 11) is -2.12. The second kappa shape index (κ2) is 5.82. The average molecular weight is 308 g/mol. The Morgan fingerprint density at radius 3 is 2.81 bits per heavy atom. The van der Waals surface area contributed by atoms with Crippen molar-refractivity contribution in [2.45, 2.75) is 25.0 Å². The molecule has 1 aromatic heterocycles. The molecule has 1 saturated carbocycles. The van der Waals surface area contributed by atoms with Gasteiger partial charge in [0.05, 0.1) is 25.0 Å². The Morgan fingerprint density at radius 1 is 1.52 bits per heavy atom. The van der Waals surface area contributed by atoms with Gasteiger partial charge in [-0.15, -0.1) is 0 Å². The van der Waals surface area contributed by atoms with Crippen LogP contribution in [0.1, 0.15) is 30.5 Å². The lowest BCUT2D eigenvalue weighted by molar-refractivity contribution is -0.141. The lowest BCUT2D eigenvalue weighted by Gasteiger charge is -2.14. The number of ether oxygens (including phenoxy) is 1. The van der Waals surface area contributed by atoms with Crippen LogP contribution in [0.5, 0.6) is 0 Å². The van der Waals surface area contributed by atoms with Gasteiger partial charge in [0.15, 0.2) is 9.84 Å². The normalized spacial score (nSPS) is 16.0. The predicted octanol–water partition coefficient (Wildman–Crippen LogP) is 1.21. The van der Waals surface area contributed by atoms with E-state index < -0.39 is 15.3 Å². The van der Waals surface area contributed by atoms with E-state index in [1.54, 1.807) is 12.1 Å². The zero-order valence-corrected chi connectivity index (χ0v) is 12.5. The zero-order chi connectivity index (χ0) is 15.5. The van der Waals surface area contributed by atoms with Crippen molar-refractivity contribution >= 4 is 15.8 Å². The Morgan fingerprint density at radius 2 is 2.24 bits per heavy atom. The van der Waals surface area contributed by atoms with E-state index in [1.807, 2.05) is 6.07 Å². The van der Waals surface area contributed by atoms with Crippen LogP contribution in [0.3, 0.4) is 0 Å². The first-order valence-electron chi connectivity index (χ1n) is 6.51. The van der Waals surface area contributed by atoms with Crippen LogP contribution in [-0.4, -0.2) is 32.2 Å². The van der Waals surface area contributed by atoms with Crippen LogP contribution in [0, 0.1) is 16.7 Å². The maximum atomic E-state index is 12.3.